The zero-order valence-corrected chi connectivity index (χ0v) is 8.81. The van der Waals surface area contributed by atoms with Gasteiger partial charge in [-0.1, -0.05) is 0 Å². The molecule has 1 aliphatic rings. The first-order valence-electron chi connectivity index (χ1n) is 5.17. The average molecular weight is 205 g/mol. The summed E-state index contributed by atoms with van der Waals surface area (Å²) in [7, 11) is 1.85. The highest BCUT2D eigenvalue weighted by molar-refractivity contribution is 5.94. The monoisotopic (exact) mass is 205 g/mol. The Morgan fingerprint density at radius 1 is 1.60 bits per heavy atom. The van der Waals surface area contributed by atoms with Crippen LogP contribution in [0.15, 0.2) is 18.3 Å². The number of pyridine rings is 1. The van der Waals surface area contributed by atoms with E-state index in [4.69, 9.17) is 5.73 Å². The highest BCUT2D eigenvalue weighted by Crippen LogP contribution is 2.24. The Kier molecular flexibility index (Phi) is 2.58. The van der Waals surface area contributed by atoms with Gasteiger partial charge < -0.3 is 10.6 Å². The Labute approximate surface area is 89.1 Å². The number of carbonyl (C=O) groups excluding carboxylic acids is 1. The number of hydrogen-bond acceptors (Lipinski definition) is 3. The van der Waals surface area contributed by atoms with Gasteiger partial charge in [0.15, 0.2) is 0 Å². The number of hydrogen-bond donors (Lipinski definition) is 1. The lowest BCUT2D eigenvalue weighted by atomic mass is 9.91. The van der Waals surface area contributed by atoms with Crippen molar-refractivity contribution in [2.24, 2.45) is 0 Å². The molecule has 0 unspecified atom stereocenters. The second-order valence-electron chi connectivity index (χ2n) is 3.97. The fourth-order valence-corrected chi connectivity index (χ4v) is 1.72. The Morgan fingerprint density at radius 2 is 2.33 bits per heavy atom. The number of rotatable bonds is 2. The summed E-state index contributed by atoms with van der Waals surface area (Å²) in [6.45, 7) is 0. The van der Waals surface area contributed by atoms with E-state index in [-0.39, 0.29) is 5.91 Å². The van der Waals surface area contributed by atoms with Crippen LogP contribution in [0.5, 0.6) is 0 Å². The molecule has 0 aliphatic heterocycles. The van der Waals surface area contributed by atoms with Crippen LogP contribution < -0.4 is 5.73 Å². The highest BCUT2D eigenvalue weighted by Gasteiger charge is 2.26. The van der Waals surface area contributed by atoms with E-state index >= 15 is 0 Å². The van der Waals surface area contributed by atoms with Gasteiger partial charge in [0.2, 0.25) is 0 Å². The molecule has 1 aliphatic carbocycles. The molecule has 0 bridgehead atoms. The smallest absolute Gasteiger partial charge is 0.254 e. The minimum atomic E-state index is 0.0359. The lowest BCUT2D eigenvalue weighted by molar-refractivity contribution is 0.0652. The van der Waals surface area contributed by atoms with Crippen molar-refractivity contribution in [2.75, 3.05) is 12.8 Å². The molecule has 2 rings (SSSR count). The van der Waals surface area contributed by atoms with Crippen molar-refractivity contribution in [1.82, 2.24) is 9.88 Å². The van der Waals surface area contributed by atoms with Crippen LogP contribution in [0.4, 0.5) is 5.82 Å². The van der Waals surface area contributed by atoms with Crippen LogP contribution in [-0.4, -0.2) is 28.9 Å². The Balaban J connectivity index is 2.12. The zero-order valence-electron chi connectivity index (χ0n) is 8.81. The summed E-state index contributed by atoms with van der Waals surface area (Å²) >= 11 is 0. The van der Waals surface area contributed by atoms with Crippen LogP contribution in [0.2, 0.25) is 0 Å². The maximum Gasteiger partial charge on any atom is 0.254 e. The quantitative estimate of drug-likeness (QED) is 0.791. The summed E-state index contributed by atoms with van der Waals surface area (Å²) in [6, 6.07) is 3.73. The normalized spacial score (nSPS) is 15.8. The number of nitrogens with zero attached hydrogens (tertiary/aromatic N) is 2. The molecular weight excluding hydrogens is 190 g/mol. The third-order valence-corrected chi connectivity index (χ3v) is 2.97. The number of carbonyl (C=O) groups is 1. The van der Waals surface area contributed by atoms with E-state index in [0.29, 0.717) is 17.4 Å². The number of aromatic nitrogens is 1. The molecule has 1 aromatic rings. The predicted octanol–water partition coefficient (Wildman–Crippen LogP) is 1.29. The van der Waals surface area contributed by atoms with Gasteiger partial charge in [0.25, 0.3) is 5.91 Å². The van der Waals surface area contributed by atoms with Crippen LogP contribution in [0.3, 0.4) is 0 Å². The van der Waals surface area contributed by atoms with E-state index in [1.165, 1.54) is 6.42 Å². The second kappa shape index (κ2) is 3.88. The van der Waals surface area contributed by atoms with E-state index in [1.807, 2.05) is 7.05 Å². The summed E-state index contributed by atoms with van der Waals surface area (Å²) in [6.07, 6.45) is 5.02. The molecule has 0 radical (unpaired) electrons. The molecule has 2 N–H and O–H groups in total. The number of amides is 1. The van der Waals surface area contributed by atoms with Crippen molar-refractivity contribution in [3.8, 4) is 0 Å². The Bertz CT molecular complexity index is 374. The standard InChI is InChI=1S/C11H15N3O/c1-14(9-3-2-4-9)11(15)8-5-6-13-10(12)7-8/h5-7,9H,2-4H2,1H3,(H2,12,13). The van der Waals surface area contributed by atoms with Crippen LogP contribution in [0.1, 0.15) is 29.6 Å². The molecule has 0 spiro atoms. The zero-order chi connectivity index (χ0) is 10.8. The van der Waals surface area contributed by atoms with Crippen LogP contribution in [-0.2, 0) is 0 Å². The van der Waals surface area contributed by atoms with E-state index in [0.717, 1.165) is 12.8 Å². The minimum absolute atomic E-state index is 0.0359. The van der Waals surface area contributed by atoms with Crippen molar-refractivity contribution < 1.29 is 4.79 Å². The SMILES string of the molecule is CN(C(=O)c1ccnc(N)c1)C1CCC1. The molecule has 1 heterocycles. The molecule has 15 heavy (non-hydrogen) atoms. The first-order valence-corrected chi connectivity index (χ1v) is 5.17. The lowest BCUT2D eigenvalue weighted by Crippen LogP contribution is -2.41. The molecule has 0 saturated heterocycles. The average Bonchev–Trinajstić information content (AvgIpc) is 2.14. The summed E-state index contributed by atoms with van der Waals surface area (Å²) in [5.41, 5.74) is 6.16. The third kappa shape index (κ3) is 1.93. The van der Waals surface area contributed by atoms with E-state index in [1.54, 1.807) is 23.2 Å². The van der Waals surface area contributed by atoms with Gasteiger partial charge in [-0.05, 0) is 31.4 Å². The van der Waals surface area contributed by atoms with Crippen molar-refractivity contribution in [1.29, 1.82) is 0 Å². The van der Waals surface area contributed by atoms with Crippen molar-refractivity contribution in [2.45, 2.75) is 25.3 Å². The maximum atomic E-state index is 12.0. The van der Waals surface area contributed by atoms with Gasteiger partial charge in [-0.25, -0.2) is 4.98 Å². The summed E-state index contributed by atoms with van der Waals surface area (Å²) in [5, 5.41) is 0. The molecule has 1 fully saturated rings. The Hall–Kier alpha value is -1.58. The Morgan fingerprint density at radius 3 is 2.87 bits per heavy atom. The number of nitrogen functional groups attached to an aromatic ring is 1. The largest absolute Gasteiger partial charge is 0.384 e. The van der Waals surface area contributed by atoms with Crippen molar-refractivity contribution in [3.63, 3.8) is 0 Å². The molecule has 80 valence electrons. The molecule has 4 nitrogen and oxygen atoms in total. The first kappa shape index (κ1) is 9.96. The van der Waals surface area contributed by atoms with Gasteiger partial charge >= 0.3 is 0 Å². The van der Waals surface area contributed by atoms with E-state index in [2.05, 4.69) is 4.98 Å². The topological polar surface area (TPSA) is 59.2 Å². The van der Waals surface area contributed by atoms with Gasteiger partial charge in [0.1, 0.15) is 5.82 Å². The molecule has 0 aromatic carbocycles. The second-order valence-corrected chi connectivity index (χ2v) is 3.97. The van der Waals surface area contributed by atoms with Crippen molar-refractivity contribution >= 4 is 11.7 Å². The van der Waals surface area contributed by atoms with Gasteiger partial charge in [0, 0.05) is 24.8 Å². The number of anilines is 1. The van der Waals surface area contributed by atoms with Gasteiger partial charge in [0.05, 0.1) is 0 Å². The fourth-order valence-electron chi connectivity index (χ4n) is 1.72. The summed E-state index contributed by atoms with van der Waals surface area (Å²) in [4.78, 5) is 17.6. The van der Waals surface area contributed by atoms with Crippen LogP contribution >= 0.6 is 0 Å². The van der Waals surface area contributed by atoms with Crippen LogP contribution in [0, 0.1) is 0 Å². The number of nitrogens with two attached hydrogens (primary N) is 1. The van der Waals surface area contributed by atoms with Gasteiger partial charge in [-0.2, -0.15) is 0 Å². The predicted molar refractivity (Wildman–Crippen MR) is 58.4 cm³/mol. The van der Waals surface area contributed by atoms with E-state index in [9.17, 15) is 4.79 Å². The molecule has 1 amide bonds. The molecule has 1 aromatic heterocycles. The summed E-state index contributed by atoms with van der Waals surface area (Å²) < 4.78 is 0. The van der Waals surface area contributed by atoms with Gasteiger partial charge in [-0.15, -0.1) is 0 Å². The van der Waals surface area contributed by atoms with Crippen molar-refractivity contribution in [3.05, 3.63) is 23.9 Å². The fraction of sp³-hybridized carbons (Fsp3) is 0.455. The third-order valence-electron chi connectivity index (χ3n) is 2.97. The summed E-state index contributed by atoms with van der Waals surface area (Å²) in [5.74, 6) is 0.427. The van der Waals surface area contributed by atoms with Crippen LogP contribution in [0.25, 0.3) is 0 Å². The van der Waals surface area contributed by atoms with E-state index < -0.39 is 0 Å². The maximum absolute atomic E-state index is 12.0. The van der Waals surface area contributed by atoms with Gasteiger partial charge in [-0.3, -0.25) is 4.79 Å². The minimum Gasteiger partial charge on any atom is -0.384 e. The highest BCUT2D eigenvalue weighted by atomic mass is 16.2. The lowest BCUT2D eigenvalue weighted by Gasteiger charge is -2.34. The molecule has 4 heteroatoms. The molecule has 1 saturated carbocycles. The molecular formula is C11H15N3O. The first-order chi connectivity index (χ1) is 7.18. The molecule has 0 atom stereocenters.